The van der Waals surface area contributed by atoms with E-state index in [0.717, 1.165) is 16.8 Å². The van der Waals surface area contributed by atoms with Crippen LogP contribution in [-0.4, -0.2) is 55.5 Å². The van der Waals surface area contributed by atoms with Gasteiger partial charge < -0.3 is 19.9 Å². The highest BCUT2D eigenvalue weighted by atomic mass is 16.5. The Morgan fingerprint density at radius 3 is 2.23 bits per heavy atom. The smallest absolute Gasteiger partial charge is 0.338 e. The van der Waals surface area contributed by atoms with Gasteiger partial charge in [-0.25, -0.2) is 4.79 Å². The van der Waals surface area contributed by atoms with E-state index in [-0.39, 0.29) is 18.4 Å². The van der Waals surface area contributed by atoms with Crippen molar-refractivity contribution in [3.05, 3.63) is 58.7 Å². The molecule has 0 aliphatic carbocycles. The van der Waals surface area contributed by atoms with Crippen LogP contribution >= 0.6 is 0 Å². The zero-order valence-electron chi connectivity index (χ0n) is 18.5. The average molecular weight is 424 g/mol. The molecule has 1 fully saturated rings. The number of aryl methyl sites for hydroxylation is 2. The lowest BCUT2D eigenvalue weighted by Gasteiger charge is -2.36. The number of esters is 1. The molecular weight excluding hydrogens is 394 g/mol. The summed E-state index contributed by atoms with van der Waals surface area (Å²) in [6.07, 6.45) is 0. The van der Waals surface area contributed by atoms with E-state index in [1.807, 2.05) is 32.0 Å². The molecule has 7 heteroatoms. The SMILES string of the molecule is CCOC(=O)c1ccc(N2CCN(C(C)=O)CC2)c(NC(=O)c2ccc(C)c(C)c2)c1. The van der Waals surface area contributed by atoms with Crippen molar-refractivity contribution in [2.45, 2.75) is 27.7 Å². The first-order chi connectivity index (χ1) is 14.8. The highest BCUT2D eigenvalue weighted by Crippen LogP contribution is 2.29. The van der Waals surface area contributed by atoms with E-state index in [2.05, 4.69) is 10.2 Å². The molecule has 31 heavy (non-hydrogen) atoms. The number of hydrogen-bond acceptors (Lipinski definition) is 5. The number of piperazine rings is 1. The van der Waals surface area contributed by atoms with Crippen LogP contribution in [0, 0.1) is 13.8 Å². The molecule has 164 valence electrons. The van der Waals surface area contributed by atoms with E-state index in [9.17, 15) is 14.4 Å². The molecule has 3 rings (SSSR count). The molecule has 2 aromatic carbocycles. The molecule has 1 aliphatic heterocycles. The first-order valence-electron chi connectivity index (χ1n) is 10.5. The molecule has 0 unspecified atom stereocenters. The van der Waals surface area contributed by atoms with Gasteiger partial charge in [0.2, 0.25) is 5.91 Å². The lowest BCUT2D eigenvalue weighted by Crippen LogP contribution is -2.48. The van der Waals surface area contributed by atoms with E-state index in [4.69, 9.17) is 4.74 Å². The van der Waals surface area contributed by atoms with Crippen molar-refractivity contribution >= 4 is 29.2 Å². The summed E-state index contributed by atoms with van der Waals surface area (Å²) in [6.45, 7) is 10.1. The molecule has 2 aromatic rings. The maximum Gasteiger partial charge on any atom is 0.338 e. The fourth-order valence-corrected chi connectivity index (χ4v) is 3.59. The number of anilines is 2. The van der Waals surface area contributed by atoms with Crippen LogP contribution in [0.3, 0.4) is 0 Å². The van der Waals surface area contributed by atoms with E-state index >= 15 is 0 Å². The van der Waals surface area contributed by atoms with Crippen molar-refractivity contribution in [1.29, 1.82) is 0 Å². The largest absolute Gasteiger partial charge is 0.462 e. The van der Waals surface area contributed by atoms with Gasteiger partial charge in [0.05, 0.1) is 23.5 Å². The molecule has 7 nitrogen and oxygen atoms in total. The van der Waals surface area contributed by atoms with Gasteiger partial charge in [-0.05, 0) is 62.2 Å². The molecule has 1 aliphatic rings. The Hall–Kier alpha value is -3.35. The standard InChI is InChI=1S/C24H29N3O4/c1-5-31-24(30)20-8-9-22(27-12-10-26(11-13-27)18(4)28)21(15-20)25-23(29)19-7-6-16(2)17(3)14-19/h6-9,14-15H,5,10-13H2,1-4H3,(H,25,29). The normalized spacial score (nSPS) is 13.7. The zero-order chi connectivity index (χ0) is 22.5. The fraction of sp³-hybridized carbons (Fsp3) is 0.375. The Morgan fingerprint density at radius 2 is 1.61 bits per heavy atom. The van der Waals surface area contributed by atoms with Gasteiger partial charge in [-0.2, -0.15) is 0 Å². The molecule has 0 atom stereocenters. The number of nitrogens with one attached hydrogen (secondary N) is 1. The molecule has 2 amide bonds. The Morgan fingerprint density at radius 1 is 0.935 bits per heavy atom. The minimum atomic E-state index is -0.433. The van der Waals surface area contributed by atoms with Crippen LogP contribution in [-0.2, 0) is 9.53 Å². The van der Waals surface area contributed by atoms with E-state index in [1.165, 1.54) is 0 Å². The molecule has 0 radical (unpaired) electrons. The Bertz CT molecular complexity index is 994. The summed E-state index contributed by atoms with van der Waals surface area (Å²) in [7, 11) is 0. The van der Waals surface area contributed by atoms with Crippen molar-refractivity contribution in [1.82, 2.24) is 4.90 Å². The molecule has 0 spiro atoms. The topological polar surface area (TPSA) is 79.0 Å². The van der Waals surface area contributed by atoms with Crippen LogP contribution in [0.5, 0.6) is 0 Å². The second-order valence-corrected chi connectivity index (χ2v) is 7.70. The summed E-state index contributed by atoms with van der Waals surface area (Å²) in [5.41, 5.74) is 4.44. The quantitative estimate of drug-likeness (QED) is 0.746. The van der Waals surface area contributed by atoms with Gasteiger partial charge in [-0.1, -0.05) is 6.07 Å². The Labute approximate surface area is 183 Å². The monoisotopic (exact) mass is 423 g/mol. The number of nitrogens with zero attached hydrogens (tertiary/aromatic N) is 2. The maximum absolute atomic E-state index is 13.0. The summed E-state index contributed by atoms with van der Waals surface area (Å²) in [6, 6.07) is 10.7. The second-order valence-electron chi connectivity index (χ2n) is 7.70. The fourth-order valence-electron chi connectivity index (χ4n) is 3.59. The Kier molecular flexibility index (Phi) is 6.95. The highest BCUT2D eigenvalue weighted by molar-refractivity contribution is 6.07. The summed E-state index contributed by atoms with van der Waals surface area (Å²) < 4.78 is 5.12. The van der Waals surface area contributed by atoms with Crippen LogP contribution in [0.1, 0.15) is 45.7 Å². The second kappa shape index (κ2) is 9.64. The molecule has 0 bridgehead atoms. The van der Waals surface area contributed by atoms with Gasteiger partial charge in [0.15, 0.2) is 0 Å². The third kappa shape index (κ3) is 5.23. The number of ether oxygens (including phenoxy) is 1. The van der Waals surface area contributed by atoms with E-state index < -0.39 is 5.97 Å². The van der Waals surface area contributed by atoms with Gasteiger partial charge >= 0.3 is 5.97 Å². The summed E-state index contributed by atoms with van der Waals surface area (Å²) in [5, 5.41) is 2.97. The predicted molar refractivity (Wildman–Crippen MR) is 121 cm³/mol. The summed E-state index contributed by atoms with van der Waals surface area (Å²) >= 11 is 0. The third-order valence-corrected chi connectivity index (χ3v) is 5.59. The third-order valence-electron chi connectivity index (χ3n) is 5.59. The number of amides is 2. The van der Waals surface area contributed by atoms with Crippen LogP contribution in [0.4, 0.5) is 11.4 Å². The van der Waals surface area contributed by atoms with Gasteiger partial charge in [-0.3, -0.25) is 9.59 Å². The molecule has 1 N–H and O–H groups in total. The minimum Gasteiger partial charge on any atom is -0.462 e. The summed E-state index contributed by atoms with van der Waals surface area (Å²) in [5.74, 6) is -0.620. The maximum atomic E-state index is 13.0. The van der Waals surface area contributed by atoms with Crippen LogP contribution < -0.4 is 10.2 Å². The van der Waals surface area contributed by atoms with Gasteiger partial charge in [0.25, 0.3) is 5.91 Å². The lowest BCUT2D eigenvalue weighted by atomic mass is 10.1. The zero-order valence-corrected chi connectivity index (χ0v) is 18.5. The first kappa shape index (κ1) is 22.3. The van der Waals surface area contributed by atoms with Crippen LogP contribution in [0.15, 0.2) is 36.4 Å². The average Bonchev–Trinajstić information content (AvgIpc) is 2.75. The molecule has 1 heterocycles. The van der Waals surface area contributed by atoms with Gasteiger partial charge in [0, 0.05) is 38.7 Å². The van der Waals surface area contributed by atoms with Crippen molar-refractivity contribution in [3.63, 3.8) is 0 Å². The van der Waals surface area contributed by atoms with Gasteiger partial charge in [0.1, 0.15) is 0 Å². The lowest BCUT2D eigenvalue weighted by molar-refractivity contribution is -0.129. The molecule has 1 saturated heterocycles. The number of carbonyl (C=O) groups excluding carboxylic acids is 3. The number of carbonyl (C=O) groups is 3. The van der Waals surface area contributed by atoms with Crippen LogP contribution in [0.2, 0.25) is 0 Å². The van der Waals surface area contributed by atoms with Crippen molar-refractivity contribution in [3.8, 4) is 0 Å². The molecule has 0 saturated carbocycles. The summed E-state index contributed by atoms with van der Waals surface area (Å²) in [4.78, 5) is 40.8. The first-order valence-corrected chi connectivity index (χ1v) is 10.5. The number of hydrogen-bond donors (Lipinski definition) is 1. The predicted octanol–water partition coefficient (Wildman–Crippen LogP) is 3.40. The van der Waals surface area contributed by atoms with E-state index in [1.54, 1.807) is 36.9 Å². The van der Waals surface area contributed by atoms with Crippen molar-refractivity contribution in [2.75, 3.05) is 43.0 Å². The molecule has 0 aromatic heterocycles. The van der Waals surface area contributed by atoms with Crippen LogP contribution in [0.25, 0.3) is 0 Å². The minimum absolute atomic E-state index is 0.0561. The molecular formula is C24H29N3O4. The van der Waals surface area contributed by atoms with E-state index in [0.29, 0.717) is 43.0 Å². The number of rotatable bonds is 5. The Balaban J connectivity index is 1.90. The number of benzene rings is 2. The highest BCUT2D eigenvalue weighted by Gasteiger charge is 2.22. The van der Waals surface area contributed by atoms with Crippen molar-refractivity contribution < 1.29 is 19.1 Å². The van der Waals surface area contributed by atoms with Crippen molar-refractivity contribution in [2.24, 2.45) is 0 Å². The van der Waals surface area contributed by atoms with Gasteiger partial charge in [-0.15, -0.1) is 0 Å².